The highest BCUT2D eigenvalue weighted by atomic mass is 32.2. The van der Waals surface area contributed by atoms with Gasteiger partial charge in [0.05, 0.1) is 30.2 Å². The summed E-state index contributed by atoms with van der Waals surface area (Å²) >= 11 is 0. The fraction of sp³-hybridized carbons (Fsp3) is 0.562. The summed E-state index contributed by atoms with van der Waals surface area (Å²) in [6.45, 7) is 16.9. The second-order valence-electron chi connectivity index (χ2n) is 13.9. The predicted molar refractivity (Wildman–Crippen MR) is 165 cm³/mol. The SMILES string of the molecule is COc1c(/C=C\[C@H]2[C@H](O[Si](C)(C)C(C)(C)C)[C@H]3OC(C)(C)O[C@H]3[C@H]3[C@@H]2N3S(=O)(=O)c2ccc(C)cc2)ccc2c1OCO2. The number of methoxy groups -OCH3 is 1. The van der Waals surface area contributed by atoms with Gasteiger partial charge in [-0.3, -0.25) is 0 Å². The van der Waals surface area contributed by atoms with E-state index in [1.165, 1.54) is 0 Å². The number of nitrogens with zero attached hydrogens (tertiary/aromatic N) is 1. The van der Waals surface area contributed by atoms with Gasteiger partial charge in [0.2, 0.25) is 22.6 Å². The number of fused-ring (bicyclic) bond motifs is 4. The molecule has 2 aromatic carbocycles. The van der Waals surface area contributed by atoms with Crippen molar-refractivity contribution in [1.82, 2.24) is 4.31 Å². The van der Waals surface area contributed by atoms with E-state index in [9.17, 15) is 8.42 Å². The molecule has 0 amide bonds. The lowest BCUT2D eigenvalue weighted by Gasteiger charge is -2.44. The van der Waals surface area contributed by atoms with Gasteiger partial charge in [-0.1, -0.05) is 50.6 Å². The molecule has 2 saturated heterocycles. The highest BCUT2D eigenvalue weighted by Gasteiger charge is 2.72. The summed E-state index contributed by atoms with van der Waals surface area (Å²) in [7, 11) is -4.54. The lowest BCUT2D eigenvalue weighted by atomic mass is 9.82. The Hall–Kier alpha value is -2.41. The Morgan fingerprint density at radius 2 is 1.67 bits per heavy atom. The minimum atomic E-state index is -3.81. The molecule has 1 unspecified atom stereocenters. The average Bonchev–Trinajstić information content (AvgIpc) is 3.32. The molecule has 3 fully saturated rings. The second-order valence-corrected chi connectivity index (χ2v) is 20.5. The van der Waals surface area contributed by atoms with E-state index >= 15 is 0 Å². The Morgan fingerprint density at radius 1 is 1.00 bits per heavy atom. The van der Waals surface area contributed by atoms with Gasteiger partial charge in [0.1, 0.15) is 12.2 Å². The first-order valence-corrected chi connectivity index (χ1v) is 19.2. The van der Waals surface area contributed by atoms with Crippen molar-refractivity contribution in [3.63, 3.8) is 0 Å². The first kappa shape index (κ1) is 30.6. The normalized spacial score (nSPS) is 31.1. The van der Waals surface area contributed by atoms with Crippen molar-refractivity contribution in [2.24, 2.45) is 5.92 Å². The third-order valence-corrected chi connectivity index (χ3v) is 15.9. The van der Waals surface area contributed by atoms with Crippen molar-refractivity contribution >= 4 is 24.4 Å². The van der Waals surface area contributed by atoms with Gasteiger partial charge in [0, 0.05) is 11.5 Å². The van der Waals surface area contributed by atoms with Gasteiger partial charge in [-0.05, 0) is 63.2 Å². The maximum Gasteiger partial charge on any atom is 0.243 e. The third-order valence-electron chi connectivity index (χ3n) is 9.51. The van der Waals surface area contributed by atoms with E-state index in [2.05, 4.69) is 39.9 Å². The van der Waals surface area contributed by atoms with Crippen molar-refractivity contribution in [3.8, 4) is 17.2 Å². The van der Waals surface area contributed by atoms with E-state index in [1.807, 2.05) is 51.1 Å². The quantitative estimate of drug-likeness (QED) is 0.284. The monoisotopic (exact) mass is 629 g/mol. The fourth-order valence-corrected chi connectivity index (χ4v) is 9.43. The molecule has 4 aliphatic rings. The largest absolute Gasteiger partial charge is 0.492 e. The summed E-state index contributed by atoms with van der Waals surface area (Å²) in [4.78, 5) is 0.268. The molecule has 11 heteroatoms. The van der Waals surface area contributed by atoms with Gasteiger partial charge in [-0.25, -0.2) is 8.42 Å². The van der Waals surface area contributed by atoms with Crippen LogP contribution in [0.4, 0.5) is 0 Å². The lowest BCUT2D eigenvalue weighted by Crippen LogP contribution is -2.56. The maximum atomic E-state index is 14.1. The molecule has 0 bridgehead atoms. The predicted octanol–water partition coefficient (Wildman–Crippen LogP) is 5.73. The Labute approximate surface area is 256 Å². The molecule has 9 nitrogen and oxygen atoms in total. The highest BCUT2D eigenvalue weighted by Crippen LogP contribution is 2.56. The van der Waals surface area contributed by atoms with Crippen LogP contribution in [0.5, 0.6) is 17.2 Å². The second kappa shape index (κ2) is 10.3. The average molecular weight is 630 g/mol. The van der Waals surface area contributed by atoms with E-state index in [-0.39, 0.29) is 34.7 Å². The van der Waals surface area contributed by atoms with Crippen molar-refractivity contribution in [2.45, 2.75) is 101 Å². The number of hydrogen-bond acceptors (Lipinski definition) is 8. The zero-order valence-corrected chi connectivity index (χ0v) is 28.2. The van der Waals surface area contributed by atoms with Gasteiger partial charge in [-0.2, -0.15) is 4.31 Å². The Balaban J connectivity index is 1.45. The molecule has 3 aliphatic heterocycles. The third kappa shape index (κ3) is 5.21. The minimum absolute atomic E-state index is 0.0691. The number of ether oxygens (including phenoxy) is 5. The number of benzene rings is 2. The van der Waals surface area contributed by atoms with Crippen LogP contribution in [0, 0.1) is 12.8 Å². The van der Waals surface area contributed by atoms with E-state index in [4.69, 9.17) is 28.1 Å². The van der Waals surface area contributed by atoms with Gasteiger partial charge >= 0.3 is 0 Å². The molecule has 0 spiro atoms. The summed E-state index contributed by atoms with van der Waals surface area (Å²) in [6.07, 6.45) is 2.70. The zero-order chi connectivity index (χ0) is 31.1. The highest BCUT2D eigenvalue weighted by molar-refractivity contribution is 7.89. The molecule has 0 aromatic heterocycles. The van der Waals surface area contributed by atoms with Crippen LogP contribution in [0.25, 0.3) is 6.08 Å². The van der Waals surface area contributed by atoms with Gasteiger partial charge in [0.15, 0.2) is 25.6 Å². The smallest absolute Gasteiger partial charge is 0.243 e. The maximum absolute atomic E-state index is 14.1. The van der Waals surface area contributed by atoms with E-state index < -0.39 is 42.4 Å². The molecule has 0 N–H and O–H groups in total. The number of rotatable bonds is 7. The molecule has 43 heavy (non-hydrogen) atoms. The molecular formula is C32H43NO8SSi. The summed E-state index contributed by atoms with van der Waals surface area (Å²) in [5, 5.41) is -0.0691. The van der Waals surface area contributed by atoms with Crippen LogP contribution in [0.15, 0.2) is 47.4 Å². The summed E-state index contributed by atoms with van der Waals surface area (Å²) in [5.74, 6) is 0.568. The molecule has 7 atom stereocenters. The molecule has 1 aliphatic carbocycles. The van der Waals surface area contributed by atoms with E-state index in [0.29, 0.717) is 17.2 Å². The zero-order valence-electron chi connectivity index (χ0n) is 26.4. The molecule has 234 valence electrons. The van der Waals surface area contributed by atoms with Crippen LogP contribution in [0.2, 0.25) is 18.1 Å². The van der Waals surface area contributed by atoms with Crippen LogP contribution in [-0.4, -0.2) is 71.1 Å². The molecule has 0 radical (unpaired) electrons. The van der Waals surface area contributed by atoms with Crippen molar-refractivity contribution in [2.75, 3.05) is 13.9 Å². The fourth-order valence-electron chi connectivity index (χ4n) is 6.29. The van der Waals surface area contributed by atoms with Crippen LogP contribution in [0.3, 0.4) is 0 Å². The topological polar surface area (TPSA) is 92.5 Å². The number of sulfonamides is 1. The van der Waals surface area contributed by atoms with Crippen LogP contribution in [0.1, 0.15) is 45.7 Å². The lowest BCUT2D eigenvalue weighted by molar-refractivity contribution is -0.155. The van der Waals surface area contributed by atoms with Crippen LogP contribution < -0.4 is 14.2 Å². The number of hydrogen-bond donors (Lipinski definition) is 0. The molecule has 6 rings (SSSR count). The molecule has 2 aromatic rings. The minimum Gasteiger partial charge on any atom is -0.492 e. The standard InChI is InChI=1S/C32H43NO8SSi/c1-19-10-14-21(15-11-19)42(34,35)33-24-22(16-12-20-13-17-23-28(26(20)36-7)38-18-37-23)27(41-43(8,9)31(2,3)4)30-29(25(24)33)39-32(5,6)40-30/h10-17,22,24-25,27,29-30H,18H2,1-9H3/b16-12-/t22-,24-,25-,27+,29+,30-,33?/m1/s1. The van der Waals surface area contributed by atoms with E-state index in [1.54, 1.807) is 23.5 Å². The van der Waals surface area contributed by atoms with Gasteiger partial charge in [0.25, 0.3) is 0 Å². The summed E-state index contributed by atoms with van der Waals surface area (Å²) in [6, 6.07) is 10.0. The Bertz CT molecular complexity index is 1530. The van der Waals surface area contributed by atoms with Crippen molar-refractivity contribution in [1.29, 1.82) is 0 Å². The number of aryl methyl sites for hydroxylation is 1. The van der Waals surface area contributed by atoms with Gasteiger partial charge in [-0.15, -0.1) is 0 Å². The molecular weight excluding hydrogens is 587 g/mol. The molecule has 3 heterocycles. The first-order chi connectivity index (χ1) is 20.1. The van der Waals surface area contributed by atoms with Crippen molar-refractivity contribution < 1.29 is 36.5 Å². The summed E-state index contributed by atoms with van der Waals surface area (Å²) in [5.41, 5.74) is 1.80. The first-order valence-electron chi connectivity index (χ1n) is 14.8. The van der Waals surface area contributed by atoms with E-state index in [0.717, 1.165) is 11.1 Å². The van der Waals surface area contributed by atoms with Crippen molar-refractivity contribution in [3.05, 3.63) is 53.6 Å². The van der Waals surface area contributed by atoms with Crippen LogP contribution >= 0.6 is 0 Å². The van der Waals surface area contributed by atoms with Crippen LogP contribution in [-0.2, 0) is 23.9 Å². The summed E-state index contributed by atoms with van der Waals surface area (Å²) < 4.78 is 67.0. The Morgan fingerprint density at radius 3 is 2.33 bits per heavy atom. The molecule has 1 saturated carbocycles. The van der Waals surface area contributed by atoms with Gasteiger partial charge < -0.3 is 28.1 Å². The Kier molecular flexibility index (Phi) is 7.34.